The van der Waals surface area contributed by atoms with E-state index in [1.807, 2.05) is 12.1 Å². The first-order chi connectivity index (χ1) is 10.2. The third kappa shape index (κ3) is 3.53. The summed E-state index contributed by atoms with van der Waals surface area (Å²) >= 11 is 0. The van der Waals surface area contributed by atoms with E-state index in [1.54, 1.807) is 13.2 Å². The lowest BCUT2D eigenvalue weighted by Gasteiger charge is -2.33. The molecule has 5 nitrogen and oxygen atoms in total. The van der Waals surface area contributed by atoms with Gasteiger partial charge in [0.25, 0.3) is 0 Å². The summed E-state index contributed by atoms with van der Waals surface area (Å²) in [6.45, 7) is 1.51. The molecule has 0 N–H and O–H groups in total. The van der Waals surface area contributed by atoms with Gasteiger partial charge in [0, 0.05) is 6.54 Å². The smallest absolute Gasteiger partial charge is 0.323 e. The molecule has 0 amide bonds. The van der Waals surface area contributed by atoms with Gasteiger partial charge in [0.2, 0.25) is 0 Å². The van der Waals surface area contributed by atoms with Gasteiger partial charge in [0.1, 0.15) is 17.9 Å². The molecule has 0 aromatic heterocycles. The Balaban J connectivity index is 2.16. The Hall–Kier alpha value is -2.06. The average molecular weight is 288 g/mol. The van der Waals surface area contributed by atoms with Crippen molar-refractivity contribution in [3.63, 3.8) is 0 Å². The van der Waals surface area contributed by atoms with Crippen molar-refractivity contribution in [1.82, 2.24) is 4.90 Å². The average Bonchev–Trinajstić information content (AvgIpc) is 2.54. The summed E-state index contributed by atoms with van der Waals surface area (Å²) in [5, 5.41) is 9.14. The molecule has 1 aromatic rings. The van der Waals surface area contributed by atoms with Gasteiger partial charge in [-0.2, -0.15) is 5.26 Å². The molecular formula is C16H20N2O3. The fourth-order valence-corrected chi connectivity index (χ4v) is 2.76. The Labute approximate surface area is 125 Å². The van der Waals surface area contributed by atoms with Crippen molar-refractivity contribution >= 4 is 5.97 Å². The maximum atomic E-state index is 11.9. The van der Waals surface area contributed by atoms with Gasteiger partial charge in [-0.05, 0) is 37.1 Å². The maximum Gasteiger partial charge on any atom is 0.323 e. The van der Waals surface area contributed by atoms with Crippen LogP contribution in [0.4, 0.5) is 0 Å². The first-order valence-electron chi connectivity index (χ1n) is 7.08. The number of piperidine rings is 1. The zero-order valence-electron chi connectivity index (χ0n) is 12.5. The summed E-state index contributed by atoms with van der Waals surface area (Å²) in [7, 11) is 2.98. The summed E-state index contributed by atoms with van der Waals surface area (Å²) in [6, 6.07) is 7.50. The third-order valence-electron chi connectivity index (χ3n) is 3.86. The molecule has 1 aliphatic rings. The van der Waals surface area contributed by atoms with Crippen molar-refractivity contribution in [2.45, 2.75) is 31.8 Å². The lowest BCUT2D eigenvalue weighted by Crippen LogP contribution is -2.44. The van der Waals surface area contributed by atoms with E-state index in [2.05, 4.69) is 11.0 Å². The van der Waals surface area contributed by atoms with Crippen molar-refractivity contribution in [2.75, 3.05) is 20.8 Å². The topological polar surface area (TPSA) is 62.6 Å². The predicted octanol–water partition coefficient (Wildman–Crippen LogP) is 2.09. The van der Waals surface area contributed by atoms with Crippen LogP contribution >= 0.6 is 0 Å². The van der Waals surface area contributed by atoms with Crippen LogP contribution in [0.15, 0.2) is 18.2 Å². The number of carbonyl (C=O) groups excluding carboxylic acids is 1. The first kappa shape index (κ1) is 15.3. The van der Waals surface area contributed by atoms with Crippen LogP contribution in [0.2, 0.25) is 0 Å². The molecule has 5 heteroatoms. The van der Waals surface area contributed by atoms with Gasteiger partial charge < -0.3 is 9.47 Å². The molecule has 1 aliphatic heterocycles. The molecule has 21 heavy (non-hydrogen) atoms. The number of nitrogens with zero attached hydrogens (tertiary/aromatic N) is 2. The number of hydrogen-bond acceptors (Lipinski definition) is 5. The second kappa shape index (κ2) is 7.09. The minimum Gasteiger partial charge on any atom is -0.495 e. The second-order valence-electron chi connectivity index (χ2n) is 5.15. The van der Waals surface area contributed by atoms with Crippen LogP contribution in [0.5, 0.6) is 5.75 Å². The molecule has 1 atom stereocenters. The van der Waals surface area contributed by atoms with Crippen LogP contribution < -0.4 is 4.74 Å². The van der Waals surface area contributed by atoms with Gasteiger partial charge in [0.05, 0.1) is 19.8 Å². The summed E-state index contributed by atoms with van der Waals surface area (Å²) in [4.78, 5) is 14.0. The van der Waals surface area contributed by atoms with Crippen LogP contribution in [0.25, 0.3) is 0 Å². The molecule has 0 spiro atoms. The summed E-state index contributed by atoms with van der Waals surface area (Å²) in [5.74, 6) is 0.396. The molecule has 0 bridgehead atoms. The number of hydrogen-bond donors (Lipinski definition) is 0. The van der Waals surface area contributed by atoms with E-state index < -0.39 is 0 Å². The molecule has 1 aromatic carbocycles. The number of carbonyl (C=O) groups is 1. The Morgan fingerprint density at radius 1 is 1.43 bits per heavy atom. The van der Waals surface area contributed by atoms with E-state index >= 15 is 0 Å². The van der Waals surface area contributed by atoms with Crippen LogP contribution in [-0.2, 0) is 16.1 Å². The highest BCUT2D eigenvalue weighted by atomic mass is 16.5. The number of likely N-dealkylation sites (tertiary alicyclic amines) is 1. The second-order valence-corrected chi connectivity index (χ2v) is 5.15. The molecule has 0 saturated carbocycles. The Kier molecular flexibility index (Phi) is 5.18. The maximum absolute atomic E-state index is 11.9. The monoisotopic (exact) mass is 288 g/mol. The largest absolute Gasteiger partial charge is 0.495 e. The third-order valence-corrected chi connectivity index (χ3v) is 3.86. The molecule has 0 radical (unpaired) electrons. The van der Waals surface area contributed by atoms with Gasteiger partial charge in [-0.15, -0.1) is 0 Å². The van der Waals surface area contributed by atoms with Crippen LogP contribution in [0.1, 0.15) is 30.4 Å². The molecule has 1 heterocycles. The van der Waals surface area contributed by atoms with Gasteiger partial charge in [-0.1, -0.05) is 12.5 Å². The quantitative estimate of drug-likeness (QED) is 0.794. The Morgan fingerprint density at radius 2 is 2.24 bits per heavy atom. The van der Waals surface area contributed by atoms with Gasteiger partial charge in [-0.3, -0.25) is 9.69 Å². The number of nitriles is 1. The summed E-state index contributed by atoms with van der Waals surface area (Å²) < 4.78 is 10.0. The highest BCUT2D eigenvalue weighted by Gasteiger charge is 2.29. The molecule has 112 valence electrons. The van der Waals surface area contributed by atoms with Gasteiger partial charge in [0.15, 0.2) is 0 Å². The summed E-state index contributed by atoms with van der Waals surface area (Å²) in [6.07, 6.45) is 2.95. The predicted molar refractivity (Wildman–Crippen MR) is 77.8 cm³/mol. The van der Waals surface area contributed by atoms with Crippen molar-refractivity contribution in [1.29, 1.82) is 5.26 Å². The zero-order chi connectivity index (χ0) is 15.2. The SMILES string of the molecule is COC(=O)[C@H]1CCCCN1Cc1ccc(OC)c(C#N)c1. The fraction of sp³-hybridized carbons (Fsp3) is 0.500. The van der Waals surface area contributed by atoms with Crippen LogP contribution in [0.3, 0.4) is 0 Å². The van der Waals surface area contributed by atoms with E-state index in [4.69, 9.17) is 14.7 Å². The summed E-state index contributed by atoms with van der Waals surface area (Å²) in [5.41, 5.74) is 1.52. The Bertz CT molecular complexity index is 551. The van der Waals surface area contributed by atoms with E-state index in [0.29, 0.717) is 17.9 Å². The first-order valence-corrected chi connectivity index (χ1v) is 7.08. The van der Waals surface area contributed by atoms with Gasteiger partial charge in [-0.25, -0.2) is 0 Å². The zero-order valence-corrected chi connectivity index (χ0v) is 12.5. The van der Waals surface area contributed by atoms with Crippen molar-refractivity contribution in [3.8, 4) is 11.8 Å². The van der Waals surface area contributed by atoms with E-state index in [9.17, 15) is 4.79 Å². The van der Waals surface area contributed by atoms with Crippen LogP contribution in [0, 0.1) is 11.3 Å². The highest BCUT2D eigenvalue weighted by molar-refractivity contribution is 5.75. The van der Waals surface area contributed by atoms with Crippen LogP contribution in [-0.4, -0.2) is 37.7 Å². The minimum atomic E-state index is -0.184. The number of rotatable bonds is 4. The number of benzene rings is 1. The van der Waals surface area contributed by atoms with E-state index in [1.165, 1.54) is 7.11 Å². The van der Waals surface area contributed by atoms with Crippen molar-refractivity contribution in [2.24, 2.45) is 0 Å². The molecule has 0 aliphatic carbocycles. The number of ether oxygens (including phenoxy) is 2. The standard InChI is InChI=1S/C16H20N2O3/c1-20-15-7-6-12(9-13(15)10-17)11-18-8-4-3-5-14(18)16(19)21-2/h6-7,9,14H,3-5,8,11H2,1-2H3/t14-/m1/s1. The molecular weight excluding hydrogens is 268 g/mol. The lowest BCUT2D eigenvalue weighted by atomic mass is 10.0. The molecule has 2 rings (SSSR count). The molecule has 1 fully saturated rings. The Morgan fingerprint density at radius 3 is 2.90 bits per heavy atom. The molecule has 0 unspecified atom stereocenters. The van der Waals surface area contributed by atoms with E-state index in [-0.39, 0.29) is 12.0 Å². The minimum absolute atomic E-state index is 0.177. The normalized spacial score (nSPS) is 18.8. The van der Waals surface area contributed by atoms with Crippen molar-refractivity contribution < 1.29 is 14.3 Å². The van der Waals surface area contributed by atoms with Gasteiger partial charge >= 0.3 is 5.97 Å². The van der Waals surface area contributed by atoms with E-state index in [0.717, 1.165) is 31.4 Å². The molecule has 1 saturated heterocycles. The lowest BCUT2D eigenvalue weighted by molar-refractivity contribution is -0.148. The fourth-order valence-electron chi connectivity index (χ4n) is 2.76. The number of esters is 1. The van der Waals surface area contributed by atoms with Crippen molar-refractivity contribution in [3.05, 3.63) is 29.3 Å². The highest BCUT2D eigenvalue weighted by Crippen LogP contribution is 2.23. The number of methoxy groups -OCH3 is 2.